The molecule has 1 amide bonds. The van der Waals surface area contributed by atoms with Crippen molar-refractivity contribution < 1.29 is 14.3 Å². The van der Waals surface area contributed by atoms with E-state index in [1.165, 1.54) is 11.0 Å². The van der Waals surface area contributed by atoms with Gasteiger partial charge in [-0.15, -0.1) is 0 Å². The first-order valence-corrected chi connectivity index (χ1v) is 6.56. The Hall–Kier alpha value is -2.48. The molecule has 5 nitrogen and oxygen atoms in total. The number of amides is 1. The van der Waals surface area contributed by atoms with Crippen molar-refractivity contribution in [3.63, 3.8) is 0 Å². The van der Waals surface area contributed by atoms with Crippen molar-refractivity contribution in [1.29, 1.82) is 5.26 Å². The summed E-state index contributed by atoms with van der Waals surface area (Å²) in [6, 6.07) is 7.32. The smallest absolute Gasteiger partial charge is 0.246 e. The molecule has 0 unspecified atom stereocenters. The molecule has 0 saturated carbocycles. The molecular weight excluding hydrogens is 268 g/mol. The summed E-state index contributed by atoms with van der Waals surface area (Å²) in [7, 11) is 4.83. The van der Waals surface area contributed by atoms with E-state index in [2.05, 4.69) is 6.07 Å². The Balaban J connectivity index is 2.85. The Labute approximate surface area is 125 Å². The quantitative estimate of drug-likeness (QED) is 0.754. The lowest BCUT2D eigenvalue weighted by atomic mass is 10.1. The minimum atomic E-state index is -0.153. The molecule has 1 aromatic carbocycles. The van der Waals surface area contributed by atoms with E-state index in [0.29, 0.717) is 17.9 Å². The highest BCUT2D eigenvalue weighted by molar-refractivity contribution is 5.91. The van der Waals surface area contributed by atoms with Gasteiger partial charge in [0.05, 0.1) is 26.7 Å². The van der Waals surface area contributed by atoms with Gasteiger partial charge in [-0.2, -0.15) is 5.26 Å². The number of nitriles is 1. The van der Waals surface area contributed by atoms with Crippen molar-refractivity contribution in [2.24, 2.45) is 0 Å². The van der Waals surface area contributed by atoms with Crippen LogP contribution in [0, 0.1) is 11.3 Å². The van der Waals surface area contributed by atoms with Crippen LogP contribution in [0.15, 0.2) is 24.3 Å². The molecule has 0 aliphatic rings. The highest BCUT2D eigenvalue weighted by Gasteiger charge is 2.12. The van der Waals surface area contributed by atoms with Crippen LogP contribution in [-0.2, 0) is 4.79 Å². The maximum Gasteiger partial charge on any atom is 0.246 e. The highest BCUT2D eigenvalue weighted by Crippen LogP contribution is 2.23. The summed E-state index contributed by atoms with van der Waals surface area (Å²) in [5.74, 6) is 1.17. The average molecular weight is 288 g/mol. The molecule has 0 saturated heterocycles. The standard InChI is InChI=1S/C16H20N2O3/c1-12(7-8-17)18(2)16(19)6-5-13-9-14(20-3)11-15(10-13)21-4/h5-6,9-12H,7H2,1-4H3/b6-5-/t12-/m0/s1. The zero-order valence-corrected chi connectivity index (χ0v) is 12.8. The Morgan fingerprint density at radius 3 is 2.38 bits per heavy atom. The lowest BCUT2D eigenvalue weighted by Gasteiger charge is -2.21. The highest BCUT2D eigenvalue weighted by atomic mass is 16.5. The van der Waals surface area contributed by atoms with Crippen LogP contribution < -0.4 is 9.47 Å². The van der Waals surface area contributed by atoms with Crippen molar-refractivity contribution in [3.8, 4) is 17.6 Å². The fourth-order valence-electron chi connectivity index (χ4n) is 1.70. The molecule has 0 fully saturated rings. The average Bonchev–Trinajstić information content (AvgIpc) is 2.51. The van der Waals surface area contributed by atoms with Crippen LogP contribution in [0.3, 0.4) is 0 Å². The molecule has 0 aromatic heterocycles. The van der Waals surface area contributed by atoms with Crippen molar-refractivity contribution in [2.75, 3.05) is 21.3 Å². The predicted octanol–water partition coefficient (Wildman–Crippen LogP) is 2.48. The molecule has 0 radical (unpaired) electrons. The summed E-state index contributed by atoms with van der Waals surface area (Å²) in [5.41, 5.74) is 0.806. The lowest BCUT2D eigenvalue weighted by Crippen LogP contribution is -2.33. The number of benzene rings is 1. The predicted molar refractivity (Wildman–Crippen MR) is 81.0 cm³/mol. The summed E-state index contributed by atoms with van der Waals surface area (Å²) >= 11 is 0. The largest absolute Gasteiger partial charge is 0.497 e. The summed E-state index contributed by atoms with van der Waals surface area (Å²) < 4.78 is 10.4. The summed E-state index contributed by atoms with van der Waals surface area (Å²) in [4.78, 5) is 13.5. The van der Waals surface area contributed by atoms with Gasteiger partial charge in [0.25, 0.3) is 0 Å². The topological polar surface area (TPSA) is 62.6 Å². The van der Waals surface area contributed by atoms with E-state index in [4.69, 9.17) is 14.7 Å². The van der Waals surface area contributed by atoms with Crippen LogP contribution in [0.5, 0.6) is 11.5 Å². The van der Waals surface area contributed by atoms with Crippen LogP contribution in [0.1, 0.15) is 18.9 Å². The van der Waals surface area contributed by atoms with Crippen LogP contribution >= 0.6 is 0 Å². The molecule has 1 aromatic rings. The number of nitrogens with zero attached hydrogens (tertiary/aromatic N) is 2. The maximum absolute atomic E-state index is 12.0. The van der Waals surface area contributed by atoms with E-state index in [-0.39, 0.29) is 11.9 Å². The SMILES string of the molecule is COc1cc(/C=C\C(=O)N(C)[C@@H](C)CC#N)cc(OC)c1. The van der Waals surface area contributed by atoms with E-state index in [1.54, 1.807) is 33.4 Å². The number of likely N-dealkylation sites (N-methyl/N-ethyl adjacent to an activating group) is 1. The van der Waals surface area contributed by atoms with E-state index in [9.17, 15) is 4.79 Å². The van der Waals surface area contributed by atoms with Gasteiger partial charge >= 0.3 is 0 Å². The number of hydrogen-bond acceptors (Lipinski definition) is 4. The van der Waals surface area contributed by atoms with Crippen LogP contribution in [0.25, 0.3) is 6.08 Å². The Morgan fingerprint density at radius 2 is 1.90 bits per heavy atom. The van der Waals surface area contributed by atoms with Crippen LogP contribution in [0.4, 0.5) is 0 Å². The Kier molecular flexibility index (Phi) is 6.28. The molecule has 112 valence electrons. The number of carbonyl (C=O) groups excluding carboxylic acids is 1. The molecule has 0 N–H and O–H groups in total. The Morgan fingerprint density at radius 1 is 1.33 bits per heavy atom. The maximum atomic E-state index is 12.0. The number of hydrogen-bond donors (Lipinski definition) is 0. The van der Waals surface area contributed by atoms with E-state index < -0.39 is 0 Å². The third-order valence-electron chi connectivity index (χ3n) is 3.19. The van der Waals surface area contributed by atoms with Crippen molar-refractivity contribution in [1.82, 2.24) is 4.90 Å². The molecule has 0 spiro atoms. The second kappa shape index (κ2) is 7.95. The molecule has 1 atom stereocenters. The minimum Gasteiger partial charge on any atom is -0.497 e. The minimum absolute atomic E-state index is 0.119. The summed E-state index contributed by atoms with van der Waals surface area (Å²) in [5, 5.41) is 8.66. The molecule has 21 heavy (non-hydrogen) atoms. The van der Waals surface area contributed by atoms with E-state index >= 15 is 0 Å². The first kappa shape index (κ1) is 16.6. The lowest BCUT2D eigenvalue weighted by molar-refractivity contribution is -0.126. The second-order valence-electron chi connectivity index (χ2n) is 4.64. The van der Waals surface area contributed by atoms with Crippen molar-refractivity contribution in [3.05, 3.63) is 29.8 Å². The monoisotopic (exact) mass is 288 g/mol. The summed E-state index contributed by atoms with van der Waals surface area (Å²) in [6.07, 6.45) is 3.48. The van der Waals surface area contributed by atoms with Gasteiger partial charge in [-0.25, -0.2) is 0 Å². The van der Waals surface area contributed by atoms with Crippen molar-refractivity contribution in [2.45, 2.75) is 19.4 Å². The van der Waals surface area contributed by atoms with Gasteiger partial charge in [0, 0.05) is 25.2 Å². The summed E-state index contributed by atoms with van der Waals surface area (Å²) in [6.45, 7) is 1.84. The molecule has 0 bridgehead atoms. The van der Waals surface area contributed by atoms with Crippen molar-refractivity contribution >= 4 is 12.0 Å². The number of methoxy groups -OCH3 is 2. The van der Waals surface area contributed by atoms with E-state index in [1.807, 2.05) is 19.1 Å². The third-order valence-corrected chi connectivity index (χ3v) is 3.19. The van der Waals surface area contributed by atoms with Gasteiger partial charge in [0.1, 0.15) is 11.5 Å². The van der Waals surface area contributed by atoms with Gasteiger partial charge in [-0.3, -0.25) is 4.79 Å². The van der Waals surface area contributed by atoms with Gasteiger partial charge in [-0.1, -0.05) is 0 Å². The van der Waals surface area contributed by atoms with Gasteiger partial charge in [-0.05, 0) is 30.7 Å². The van der Waals surface area contributed by atoms with Crippen LogP contribution in [-0.4, -0.2) is 38.1 Å². The molecule has 0 aliphatic carbocycles. The zero-order valence-electron chi connectivity index (χ0n) is 12.8. The zero-order chi connectivity index (χ0) is 15.8. The molecule has 1 rings (SSSR count). The number of rotatable bonds is 6. The second-order valence-corrected chi connectivity index (χ2v) is 4.64. The van der Waals surface area contributed by atoms with Gasteiger partial charge in [0.15, 0.2) is 0 Å². The molecule has 0 aliphatic heterocycles. The van der Waals surface area contributed by atoms with Crippen LogP contribution in [0.2, 0.25) is 0 Å². The first-order chi connectivity index (χ1) is 10.0. The molecule has 5 heteroatoms. The number of ether oxygens (including phenoxy) is 2. The van der Waals surface area contributed by atoms with Gasteiger partial charge < -0.3 is 14.4 Å². The van der Waals surface area contributed by atoms with Gasteiger partial charge in [0.2, 0.25) is 5.91 Å². The molecule has 0 heterocycles. The third kappa shape index (κ3) is 4.84. The normalized spacial score (nSPS) is 11.8. The Bertz CT molecular complexity index is 539. The first-order valence-electron chi connectivity index (χ1n) is 6.56. The fraction of sp³-hybridized carbons (Fsp3) is 0.375. The van der Waals surface area contributed by atoms with E-state index in [0.717, 1.165) is 5.56 Å². The molecular formula is C16H20N2O3. The number of carbonyl (C=O) groups is 1. The fourth-order valence-corrected chi connectivity index (χ4v) is 1.70.